The molecule has 1 amide bonds. The molecule has 1 aliphatic carbocycles. The summed E-state index contributed by atoms with van der Waals surface area (Å²) in [6, 6.07) is 13.0. The molecule has 0 radical (unpaired) electrons. The number of hydrogen-bond acceptors (Lipinski definition) is 5. The highest BCUT2D eigenvalue weighted by molar-refractivity contribution is 7.89. The molecular formula is C32H34F5N3O4S. The Balaban J connectivity index is 1.38. The van der Waals surface area contributed by atoms with Gasteiger partial charge < -0.3 is 10.6 Å². The molecule has 2 heterocycles. The van der Waals surface area contributed by atoms with Crippen LogP contribution in [0.1, 0.15) is 62.5 Å². The first kappa shape index (κ1) is 31.8. The molecule has 2 saturated heterocycles. The molecular weight excluding hydrogens is 617 g/mol. The predicted octanol–water partition coefficient (Wildman–Crippen LogP) is 6.27. The minimum Gasteiger partial charge on any atom is -0.336 e. The van der Waals surface area contributed by atoms with Crippen molar-refractivity contribution in [3.05, 3.63) is 77.9 Å². The number of amides is 1. The van der Waals surface area contributed by atoms with Gasteiger partial charge in [-0.2, -0.15) is 13.2 Å². The van der Waals surface area contributed by atoms with Gasteiger partial charge in [0.1, 0.15) is 11.5 Å². The summed E-state index contributed by atoms with van der Waals surface area (Å²) in [5.41, 5.74) is 2.30. The Morgan fingerprint density at radius 3 is 2.07 bits per heavy atom. The highest BCUT2D eigenvalue weighted by Crippen LogP contribution is 2.52. The number of fused-ring (bicyclic) bond motifs is 3. The first-order valence-corrected chi connectivity index (χ1v) is 16.5. The molecule has 3 N–H and O–H groups in total. The number of hydrogen-bond donors (Lipinski definition) is 2. The molecule has 0 aromatic heterocycles. The van der Waals surface area contributed by atoms with Gasteiger partial charge in [-0.15, -0.1) is 0 Å². The summed E-state index contributed by atoms with van der Waals surface area (Å²) in [5.74, 6) is -7.15. The van der Waals surface area contributed by atoms with Crippen molar-refractivity contribution in [1.29, 1.82) is 0 Å². The van der Waals surface area contributed by atoms with Crippen molar-refractivity contribution >= 4 is 26.7 Å². The van der Waals surface area contributed by atoms with Gasteiger partial charge in [-0.05, 0) is 73.6 Å². The number of halogens is 5. The normalized spacial score (nSPS) is 24.2. The number of alkyl halides is 5. The zero-order valence-corrected chi connectivity index (χ0v) is 25.1. The van der Waals surface area contributed by atoms with Crippen LogP contribution >= 0.6 is 0 Å². The molecule has 45 heavy (non-hydrogen) atoms. The standard InChI is InChI=1S/C32H34F5N3O4S/c33-31(34,22-8-10-23(11-9-22)32(35,36)37)28(29(41)40-25-12-13-26(40)19-24(38)18-25)30(15-3-4-16-30)44-39-45(42,43)27-14-7-20-5-1-2-6-21(20)17-27/h1-2,5-11,14,17,24-26,28,39H,3-4,12-13,15-16,18-19,38H2/t25-,26-,28+/m0/s1. The van der Waals surface area contributed by atoms with E-state index in [1.807, 2.05) is 6.07 Å². The Morgan fingerprint density at radius 2 is 1.47 bits per heavy atom. The molecule has 3 aromatic rings. The number of nitrogens with two attached hydrogens (primary N) is 1. The lowest BCUT2D eigenvalue weighted by atomic mass is 9.76. The molecule has 7 nitrogen and oxygen atoms in total. The van der Waals surface area contributed by atoms with Crippen molar-refractivity contribution in [1.82, 2.24) is 9.79 Å². The van der Waals surface area contributed by atoms with E-state index in [1.165, 1.54) is 17.0 Å². The van der Waals surface area contributed by atoms with Crippen LogP contribution in [0.3, 0.4) is 0 Å². The van der Waals surface area contributed by atoms with Crippen LogP contribution < -0.4 is 10.6 Å². The van der Waals surface area contributed by atoms with E-state index in [-0.39, 0.29) is 35.9 Å². The van der Waals surface area contributed by atoms with Crippen LogP contribution in [0.25, 0.3) is 10.8 Å². The zero-order chi connectivity index (χ0) is 32.2. The Bertz CT molecular complexity index is 1660. The minimum absolute atomic E-state index is 0.0669. The third-order valence-electron chi connectivity index (χ3n) is 9.59. The van der Waals surface area contributed by atoms with E-state index in [0.717, 1.165) is 5.39 Å². The maximum Gasteiger partial charge on any atom is 0.416 e. The lowest BCUT2D eigenvalue weighted by Crippen LogP contribution is -2.60. The molecule has 0 spiro atoms. The fraction of sp³-hybridized carbons (Fsp3) is 0.469. The fourth-order valence-electron chi connectivity index (χ4n) is 7.43. The largest absolute Gasteiger partial charge is 0.416 e. The van der Waals surface area contributed by atoms with E-state index in [4.69, 9.17) is 10.6 Å². The summed E-state index contributed by atoms with van der Waals surface area (Å²) in [4.78, 5) is 23.6. The van der Waals surface area contributed by atoms with Crippen molar-refractivity contribution in [2.45, 2.75) is 92.1 Å². The van der Waals surface area contributed by atoms with Crippen molar-refractivity contribution in [3.8, 4) is 0 Å². The van der Waals surface area contributed by atoms with Crippen LogP contribution in [-0.2, 0) is 31.8 Å². The minimum atomic E-state index is -4.74. The first-order valence-electron chi connectivity index (χ1n) is 15.0. The summed E-state index contributed by atoms with van der Waals surface area (Å²) in [5, 5.41) is 1.43. The van der Waals surface area contributed by atoms with Crippen molar-refractivity contribution in [3.63, 3.8) is 0 Å². The molecule has 6 rings (SSSR count). The van der Waals surface area contributed by atoms with E-state index in [2.05, 4.69) is 4.89 Å². The van der Waals surface area contributed by atoms with E-state index in [1.54, 1.807) is 24.3 Å². The second-order valence-corrected chi connectivity index (χ2v) is 14.1. The first-order chi connectivity index (χ1) is 21.2. The van der Waals surface area contributed by atoms with Crippen LogP contribution in [0.2, 0.25) is 0 Å². The maximum absolute atomic E-state index is 16.8. The molecule has 2 aliphatic heterocycles. The van der Waals surface area contributed by atoms with Gasteiger partial charge in [0, 0.05) is 23.7 Å². The molecule has 0 unspecified atom stereocenters. The van der Waals surface area contributed by atoms with E-state index >= 15 is 8.78 Å². The van der Waals surface area contributed by atoms with Gasteiger partial charge in [0.25, 0.3) is 15.9 Å². The molecule has 3 fully saturated rings. The molecule has 3 aliphatic rings. The number of carbonyl (C=O) groups excluding carboxylic acids is 1. The number of piperidine rings is 1. The second kappa shape index (κ2) is 11.6. The summed E-state index contributed by atoms with van der Waals surface area (Å²) >= 11 is 0. The fourth-order valence-corrected chi connectivity index (χ4v) is 8.33. The maximum atomic E-state index is 16.8. The van der Waals surface area contributed by atoms with Gasteiger partial charge in [0.15, 0.2) is 0 Å². The quantitative estimate of drug-likeness (QED) is 0.221. The Hall–Kier alpha value is -3.13. The highest BCUT2D eigenvalue weighted by atomic mass is 32.2. The van der Waals surface area contributed by atoms with Crippen molar-refractivity contribution in [2.75, 3.05) is 0 Å². The predicted molar refractivity (Wildman–Crippen MR) is 156 cm³/mol. The molecule has 3 aromatic carbocycles. The Labute approximate surface area is 257 Å². The average Bonchev–Trinajstić information content (AvgIpc) is 3.58. The summed E-state index contributed by atoms with van der Waals surface area (Å²) < 4.78 is 100. The summed E-state index contributed by atoms with van der Waals surface area (Å²) in [6.45, 7) is 0. The average molecular weight is 652 g/mol. The van der Waals surface area contributed by atoms with Crippen molar-refractivity contribution < 1.29 is 40.0 Å². The number of carbonyl (C=O) groups is 1. The third kappa shape index (κ3) is 5.95. The van der Waals surface area contributed by atoms with Gasteiger partial charge in [-0.25, -0.2) is 17.2 Å². The summed E-state index contributed by atoms with van der Waals surface area (Å²) in [7, 11) is -4.39. The van der Waals surface area contributed by atoms with Crippen LogP contribution in [0, 0.1) is 5.92 Å². The van der Waals surface area contributed by atoms with E-state index < -0.39 is 50.7 Å². The Kier molecular flexibility index (Phi) is 8.20. The molecule has 242 valence electrons. The molecule has 13 heteroatoms. The number of nitrogens with one attached hydrogen (secondary N) is 1. The summed E-state index contributed by atoms with van der Waals surface area (Å²) in [6.07, 6.45) is -2.08. The number of nitrogens with zero attached hydrogens (tertiary/aromatic N) is 1. The number of benzene rings is 3. The number of sulfonamides is 1. The van der Waals surface area contributed by atoms with Gasteiger partial charge in [0.05, 0.1) is 10.5 Å². The number of rotatable bonds is 8. The lowest BCUT2D eigenvalue weighted by Gasteiger charge is -2.45. The smallest absolute Gasteiger partial charge is 0.336 e. The van der Waals surface area contributed by atoms with Crippen LogP contribution in [0.15, 0.2) is 71.6 Å². The van der Waals surface area contributed by atoms with Gasteiger partial charge in [-0.3, -0.25) is 9.63 Å². The van der Waals surface area contributed by atoms with Crippen molar-refractivity contribution in [2.24, 2.45) is 11.7 Å². The zero-order valence-electron chi connectivity index (χ0n) is 24.3. The highest BCUT2D eigenvalue weighted by Gasteiger charge is 2.62. The second-order valence-electron chi connectivity index (χ2n) is 12.5. The van der Waals surface area contributed by atoms with Crippen LogP contribution in [0.5, 0.6) is 0 Å². The SMILES string of the molecule is NC1C[C@@H]2CC[C@@H](C1)N2C(=O)[C@H](C1(ONS(=O)(=O)c2ccc3ccccc3c2)CCCC1)C(F)(F)c1ccc(C(F)(F)F)cc1. The molecule has 3 atom stereocenters. The topological polar surface area (TPSA) is 102 Å². The van der Waals surface area contributed by atoms with Gasteiger partial charge in [-0.1, -0.05) is 60.2 Å². The lowest BCUT2D eigenvalue weighted by molar-refractivity contribution is -0.205. The Morgan fingerprint density at radius 1 is 0.889 bits per heavy atom. The molecule has 1 saturated carbocycles. The van der Waals surface area contributed by atoms with Crippen LogP contribution in [0.4, 0.5) is 22.0 Å². The van der Waals surface area contributed by atoms with Gasteiger partial charge in [0.2, 0.25) is 5.91 Å². The van der Waals surface area contributed by atoms with Gasteiger partial charge >= 0.3 is 6.18 Å². The van der Waals surface area contributed by atoms with E-state index in [0.29, 0.717) is 68.2 Å². The van der Waals surface area contributed by atoms with E-state index in [9.17, 15) is 26.4 Å². The van der Waals surface area contributed by atoms with Crippen LogP contribution in [-0.4, -0.2) is 43.0 Å². The monoisotopic (exact) mass is 651 g/mol. The third-order valence-corrected chi connectivity index (χ3v) is 10.8. The molecule has 2 bridgehead atoms.